The smallest absolute Gasteiger partial charge is 0.260 e. The number of nitrogens with one attached hydrogen (secondary N) is 1. The first-order chi connectivity index (χ1) is 13.9. The number of hydrogen-bond acceptors (Lipinski definition) is 6. The van der Waals surface area contributed by atoms with E-state index in [0.717, 1.165) is 20.9 Å². The third-order valence-corrected chi connectivity index (χ3v) is 6.09. The topological polar surface area (TPSA) is 89.4 Å². The van der Waals surface area contributed by atoms with Crippen LogP contribution >= 0.6 is 11.3 Å². The Hall–Kier alpha value is -2.94. The van der Waals surface area contributed by atoms with Crippen LogP contribution in [0.2, 0.25) is 0 Å². The number of aryl methyl sites for hydroxylation is 2. The van der Waals surface area contributed by atoms with Crippen LogP contribution in [0.1, 0.15) is 28.2 Å². The van der Waals surface area contributed by atoms with Crippen molar-refractivity contribution in [1.82, 2.24) is 19.7 Å². The van der Waals surface area contributed by atoms with E-state index in [1.54, 1.807) is 34.2 Å². The first-order valence-electron chi connectivity index (χ1n) is 9.49. The number of anilines is 1. The molecule has 0 bridgehead atoms. The van der Waals surface area contributed by atoms with Crippen molar-refractivity contribution in [3.8, 4) is 5.88 Å². The molecular weight excluding hydrogens is 390 g/mol. The number of benzene rings is 1. The number of aromatic nitrogens is 3. The number of likely N-dealkylation sites (tertiary alicyclic amines) is 1. The molecule has 1 fully saturated rings. The van der Waals surface area contributed by atoms with E-state index in [4.69, 9.17) is 4.74 Å². The van der Waals surface area contributed by atoms with Gasteiger partial charge in [-0.05, 0) is 38.0 Å². The maximum absolute atomic E-state index is 12.8. The van der Waals surface area contributed by atoms with Crippen molar-refractivity contribution < 1.29 is 14.3 Å². The fourth-order valence-electron chi connectivity index (χ4n) is 3.65. The highest BCUT2D eigenvalue weighted by molar-refractivity contribution is 7.18. The molecule has 0 atom stereocenters. The van der Waals surface area contributed by atoms with E-state index < -0.39 is 0 Å². The number of methoxy groups -OCH3 is 1. The third kappa shape index (κ3) is 3.95. The van der Waals surface area contributed by atoms with Gasteiger partial charge in [-0.2, -0.15) is 0 Å². The Morgan fingerprint density at radius 1 is 1.28 bits per heavy atom. The minimum atomic E-state index is -0.122. The molecule has 1 aliphatic rings. The number of carbonyl (C=O) groups is 2. The number of thiazole rings is 1. The largest absolute Gasteiger partial charge is 0.479 e. The lowest BCUT2D eigenvalue weighted by Gasteiger charge is -2.31. The summed E-state index contributed by atoms with van der Waals surface area (Å²) in [6.45, 7) is 3.03. The summed E-state index contributed by atoms with van der Waals surface area (Å²) in [7, 11) is 3.25. The van der Waals surface area contributed by atoms with Gasteiger partial charge >= 0.3 is 0 Å². The summed E-state index contributed by atoms with van der Waals surface area (Å²) in [4.78, 5) is 31.7. The maximum Gasteiger partial charge on any atom is 0.260 e. The molecule has 0 spiro atoms. The van der Waals surface area contributed by atoms with E-state index in [1.165, 1.54) is 7.11 Å². The van der Waals surface area contributed by atoms with Crippen molar-refractivity contribution in [3.05, 3.63) is 35.0 Å². The Bertz CT molecular complexity index is 1070. The zero-order valence-corrected chi connectivity index (χ0v) is 17.5. The van der Waals surface area contributed by atoms with Crippen LogP contribution in [-0.2, 0) is 11.8 Å². The van der Waals surface area contributed by atoms with Gasteiger partial charge in [-0.3, -0.25) is 14.3 Å². The summed E-state index contributed by atoms with van der Waals surface area (Å²) < 4.78 is 7.86. The predicted octanol–water partition coefficient (Wildman–Crippen LogP) is 2.84. The summed E-state index contributed by atoms with van der Waals surface area (Å²) in [5, 5.41) is 8.14. The zero-order valence-electron chi connectivity index (χ0n) is 16.6. The standard InChI is InChI=1S/C20H23N5O3S/c1-12-21-16-10-14(4-5-17(16)29-12)22-18(26)13-6-8-25(9-7-13)20(27)15-11-24(2)23-19(15)28-3/h4-5,10-11,13H,6-9H2,1-3H3,(H,22,26). The lowest BCUT2D eigenvalue weighted by molar-refractivity contribution is -0.121. The van der Waals surface area contributed by atoms with E-state index in [-0.39, 0.29) is 17.7 Å². The molecule has 0 unspecified atom stereocenters. The summed E-state index contributed by atoms with van der Waals surface area (Å²) in [6, 6.07) is 5.80. The van der Waals surface area contributed by atoms with Crippen LogP contribution in [0.5, 0.6) is 5.88 Å². The van der Waals surface area contributed by atoms with Gasteiger partial charge in [0, 0.05) is 37.9 Å². The van der Waals surface area contributed by atoms with Gasteiger partial charge in [0.15, 0.2) is 0 Å². The van der Waals surface area contributed by atoms with E-state index >= 15 is 0 Å². The summed E-state index contributed by atoms with van der Waals surface area (Å²) in [5.74, 6) is 0.0771. The molecule has 0 radical (unpaired) electrons. The summed E-state index contributed by atoms with van der Waals surface area (Å²) in [6.07, 6.45) is 2.91. The minimum Gasteiger partial charge on any atom is -0.479 e. The van der Waals surface area contributed by atoms with Gasteiger partial charge in [-0.1, -0.05) is 0 Å². The first-order valence-corrected chi connectivity index (χ1v) is 10.3. The molecule has 9 heteroatoms. The second kappa shape index (κ2) is 7.82. The molecule has 0 saturated carbocycles. The van der Waals surface area contributed by atoms with Gasteiger partial charge in [-0.25, -0.2) is 4.98 Å². The first kappa shape index (κ1) is 19.4. The second-order valence-electron chi connectivity index (χ2n) is 7.20. The van der Waals surface area contributed by atoms with Gasteiger partial charge in [0.05, 0.1) is 22.3 Å². The molecule has 1 saturated heterocycles. The molecule has 4 rings (SSSR count). The van der Waals surface area contributed by atoms with Crippen LogP contribution in [0.25, 0.3) is 10.2 Å². The summed E-state index contributed by atoms with van der Waals surface area (Å²) >= 11 is 1.64. The molecule has 3 heterocycles. The van der Waals surface area contributed by atoms with E-state index in [0.29, 0.717) is 37.4 Å². The van der Waals surface area contributed by atoms with Gasteiger partial charge < -0.3 is 15.0 Å². The Morgan fingerprint density at radius 3 is 2.76 bits per heavy atom. The van der Waals surface area contributed by atoms with Gasteiger partial charge in [-0.15, -0.1) is 16.4 Å². The number of carbonyl (C=O) groups excluding carboxylic acids is 2. The van der Waals surface area contributed by atoms with Gasteiger partial charge in [0.2, 0.25) is 11.8 Å². The molecule has 0 aliphatic carbocycles. The summed E-state index contributed by atoms with van der Waals surface area (Å²) in [5.41, 5.74) is 2.10. The SMILES string of the molecule is COc1nn(C)cc1C(=O)N1CCC(C(=O)Nc2ccc3sc(C)nc3c2)CC1. The average molecular weight is 414 g/mol. The molecule has 152 valence electrons. The average Bonchev–Trinajstić information content (AvgIpc) is 3.28. The van der Waals surface area contributed by atoms with E-state index in [9.17, 15) is 9.59 Å². The lowest BCUT2D eigenvalue weighted by atomic mass is 9.95. The van der Waals surface area contributed by atoms with E-state index in [1.807, 2.05) is 25.1 Å². The Labute approximate surface area is 172 Å². The molecule has 1 aromatic carbocycles. The molecule has 1 N–H and O–H groups in total. The molecule has 8 nitrogen and oxygen atoms in total. The van der Waals surface area contributed by atoms with Gasteiger partial charge in [0.1, 0.15) is 5.56 Å². The number of nitrogens with zero attached hydrogens (tertiary/aromatic N) is 4. The second-order valence-corrected chi connectivity index (χ2v) is 8.43. The van der Waals surface area contributed by atoms with E-state index in [2.05, 4.69) is 15.4 Å². The van der Waals surface area contributed by atoms with Crippen molar-refractivity contribution in [2.24, 2.45) is 13.0 Å². The molecular formula is C20H23N5O3S. The Morgan fingerprint density at radius 2 is 2.03 bits per heavy atom. The highest BCUT2D eigenvalue weighted by atomic mass is 32.1. The highest BCUT2D eigenvalue weighted by Gasteiger charge is 2.30. The molecule has 2 amide bonds. The predicted molar refractivity (Wildman–Crippen MR) is 111 cm³/mol. The van der Waals surface area contributed by atoms with Gasteiger partial charge in [0.25, 0.3) is 5.91 Å². The van der Waals surface area contributed by atoms with Crippen molar-refractivity contribution >= 4 is 39.1 Å². The van der Waals surface area contributed by atoms with Crippen LogP contribution in [-0.4, -0.2) is 51.7 Å². The maximum atomic E-state index is 12.8. The Balaban J connectivity index is 1.37. The number of piperidine rings is 1. The minimum absolute atomic E-state index is 0.0117. The molecule has 2 aromatic heterocycles. The lowest BCUT2D eigenvalue weighted by Crippen LogP contribution is -2.41. The van der Waals surface area contributed by atoms with Crippen LogP contribution in [0.4, 0.5) is 5.69 Å². The molecule has 1 aliphatic heterocycles. The fourth-order valence-corrected chi connectivity index (χ4v) is 4.45. The zero-order chi connectivity index (χ0) is 20.5. The number of fused-ring (bicyclic) bond motifs is 1. The van der Waals surface area contributed by atoms with Crippen molar-refractivity contribution in [3.63, 3.8) is 0 Å². The highest BCUT2D eigenvalue weighted by Crippen LogP contribution is 2.26. The van der Waals surface area contributed by atoms with Crippen molar-refractivity contribution in [2.45, 2.75) is 19.8 Å². The number of hydrogen-bond donors (Lipinski definition) is 1. The molecule has 3 aromatic rings. The normalized spacial score (nSPS) is 14.9. The van der Waals surface area contributed by atoms with Crippen molar-refractivity contribution in [2.75, 3.05) is 25.5 Å². The third-order valence-electron chi connectivity index (χ3n) is 5.13. The van der Waals surface area contributed by atoms with Crippen molar-refractivity contribution in [1.29, 1.82) is 0 Å². The van der Waals surface area contributed by atoms with Crippen LogP contribution in [0.15, 0.2) is 24.4 Å². The number of amides is 2. The van der Waals surface area contributed by atoms with Crippen LogP contribution < -0.4 is 10.1 Å². The fraction of sp³-hybridized carbons (Fsp3) is 0.400. The number of rotatable bonds is 4. The van der Waals surface area contributed by atoms with Crippen LogP contribution in [0.3, 0.4) is 0 Å². The van der Waals surface area contributed by atoms with Crippen LogP contribution in [0, 0.1) is 12.8 Å². The monoisotopic (exact) mass is 413 g/mol. The number of ether oxygens (including phenoxy) is 1. The molecule has 29 heavy (non-hydrogen) atoms. The quantitative estimate of drug-likeness (QED) is 0.710. The Kier molecular flexibility index (Phi) is 5.23.